The summed E-state index contributed by atoms with van der Waals surface area (Å²) in [6, 6.07) is 15.1. The van der Waals surface area contributed by atoms with Gasteiger partial charge in [0, 0.05) is 28.2 Å². The van der Waals surface area contributed by atoms with Crippen molar-refractivity contribution in [3.05, 3.63) is 64.1 Å². The lowest BCUT2D eigenvalue weighted by molar-refractivity contribution is 0.0952. The Kier molecular flexibility index (Phi) is 8.82. The second kappa shape index (κ2) is 10.3. The fraction of sp³-hybridized carbons (Fsp3) is 0.278. The summed E-state index contributed by atoms with van der Waals surface area (Å²) in [5, 5.41) is 2.86. The van der Waals surface area contributed by atoms with Gasteiger partial charge in [0.1, 0.15) is 12.4 Å². The smallest absolute Gasteiger partial charge is 0.251 e. The van der Waals surface area contributed by atoms with Crippen LogP contribution in [-0.2, 0) is 6.61 Å². The molecule has 6 heteroatoms. The van der Waals surface area contributed by atoms with Gasteiger partial charge in [-0.25, -0.2) is 0 Å². The van der Waals surface area contributed by atoms with Gasteiger partial charge in [0.05, 0.1) is 0 Å². The standard InChI is InChI=1S/C18H21BrN2O2.ClH/c1-13(20)9-10-21-18(22)14-6-4-7-16(11-14)23-12-15-5-2-3-8-17(15)19;/h2-8,11,13H,9-10,12,20H2,1H3,(H,21,22);1H. The van der Waals surface area contributed by atoms with E-state index in [4.69, 9.17) is 10.5 Å². The van der Waals surface area contributed by atoms with Crippen molar-refractivity contribution in [3.8, 4) is 5.75 Å². The van der Waals surface area contributed by atoms with Gasteiger partial charge in [-0.2, -0.15) is 0 Å². The highest BCUT2D eigenvalue weighted by Gasteiger charge is 2.07. The summed E-state index contributed by atoms with van der Waals surface area (Å²) in [4.78, 5) is 12.1. The zero-order valence-corrected chi connectivity index (χ0v) is 15.9. The van der Waals surface area contributed by atoms with Crippen molar-refractivity contribution in [3.63, 3.8) is 0 Å². The van der Waals surface area contributed by atoms with Gasteiger partial charge in [0.25, 0.3) is 5.91 Å². The fourth-order valence-electron chi connectivity index (χ4n) is 2.02. The van der Waals surface area contributed by atoms with Gasteiger partial charge in [-0.1, -0.05) is 40.2 Å². The lowest BCUT2D eigenvalue weighted by atomic mass is 10.2. The molecule has 0 radical (unpaired) electrons. The number of carbonyl (C=O) groups is 1. The Morgan fingerprint density at radius 1 is 1.25 bits per heavy atom. The van der Waals surface area contributed by atoms with Crippen molar-refractivity contribution >= 4 is 34.2 Å². The molecule has 0 aliphatic carbocycles. The summed E-state index contributed by atoms with van der Waals surface area (Å²) in [6.45, 7) is 2.93. The van der Waals surface area contributed by atoms with Gasteiger partial charge in [-0.15, -0.1) is 12.4 Å². The molecular weight excluding hydrogens is 392 g/mol. The molecule has 4 nitrogen and oxygen atoms in total. The van der Waals surface area contributed by atoms with E-state index in [0.29, 0.717) is 24.5 Å². The van der Waals surface area contributed by atoms with E-state index in [2.05, 4.69) is 21.2 Å². The number of nitrogens with one attached hydrogen (secondary N) is 1. The Bertz CT molecular complexity index is 665. The summed E-state index contributed by atoms with van der Waals surface area (Å²) in [7, 11) is 0. The quantitative estimate of drug-likeness (QED) is 0.723. The van der Waals surface area contributed by atoms with E-state index in [9.17, 15) is 4.79 Å². The fourth-order valence-corrected chi connectivity index (χ4v) is 2.42. The Labute approximate surface area is 157 Å². The summed E-state index contributed by atoms with van der Waals surface area (Å²) in [5.41, 5.74) is 7.31. The molecule has 0 aliphatic rings. The van der Waals surface area contributed by atoms with E-state index in [1.54, 1.807) is 12.1 Å². The first kappa shape index (κ1) is 20.5. The van der Waals surface area contributed by atoms with Crippen LogP contribution in [0, 0.1) is 0 Å². The molecule has 0 saturated carbocycles. The van der Waals surface area contributed by atoms with Gasteiger partial charge >= 0.3 is 0 Å². The van der Waals surface area contributed by atoms with Crippen LogP contribution in [-0.4, -0.2) is 18.5 Å². The molecule has 0 spiro atoms. The van der Waals surface area contributed by atoms with Crippen LogP contribution in [0.5, 0.6) is 5.75 Å². The molecule has 0 saturated heterocycles. The first-order chi connectivity index (χ1) is 11.1. The van der Waals surface area contributed by atoms with Crippen LogP contribution >= 0.6 is 28.3 Å². The SMILES string of the molecule is CC(N)CCNC(=O)c1cccc(OCc2ccccc2Br)c1.Cl. The maximum atomic E-state index is 12.1. The molecule has 3 N–H and O–H groups in total. The highest BCUT2D eigenvalue weighted by atomic mass is 79.9. The minimum absolute atomic E-state index is 0. The molecule has 0 aromatic heterocycles. The predicted octanol–water partition coefficient (Wildman–Crippen LogP) is 3.92. The Balaban J connectivity index is 0.00000288. The van der Waals surface area contributed by atoms with Crippen molar-refractivity contribution in [1.29, 1.82) is 0 Å². The number of carbonyl (C=O) groups excluding carboxylic acids is 1. The molecule has 24 heavy (non-hydrogen) atoms. The first-order valence-electron chi connectivity index (χ1n) is 7.56. The molecule has 1 unspecified atom stereocenters. The third-order valence-electron chi connectivity index (χ3n) is 3.33. The van der Waals surface area contributed by atoms with Crippen molar-refractivity contribution in [2.24, 2.45) is 5.73 Å². The number of ether oxygens (including phenoxy) is 1. The van der Waals surface area contributed by atoms with Crippen molar-refractivity contribution in [1.82, 2.24) is 5.32 Å². The van der Waals surface area contributed by atoms with Crippen LogP contribution in [0.15, 0.2) is 53.0 Å². The minimum atomic E-state index is -0.114. The lowest BCUT2D eigenvalue weighted by Crippen LogP contribution is -2.28. The summed E-state index contributed by atoms with van der Waals surface area (Å²) in [5.74, 6) is 0.553. The van der Waals surface area contributed by atoms with E-state index >= 15 is 0 Å². The van der Waals surface area contributed by atoms with Gasteiger partial charge < -0.3 is 15.8 Å². The largest absolute Gasteiger partial charge is 0.489 e. The number of rotatable bonds is 7. The van der Waals surface area contributed by atoms with E-state index < -0.39 is 0 Å². The topological polar surface area (TPSA) is 64.3 Å². The average molecular weight is 414 g/mol. The van der Waals surface area contributed by atoms with E-state index in [1.165, 1.54) is 0 Å². The van der Waals surface area contributed by atoms with Gasteiger partial charge in [0.2, 0.25) is 0 Å². The third-order valence-corrected chi connectivity index (χ3v) is 4.11. The maximum Gasteiger partial charge on any atom is 0.251 e. The van der Waals surface area contributed by atoms with Crippen LogP contribution in [0.1, 0.15) is 29.3 Å². The predicted molar refractivity (Wildman–Crippen MR) is 103 cm³/mol. The van der Waals surface area contributed by atoms with Gasteiger partial charge in [-0.3, -0.25) is 4.79 Å². The molecule has 0 bridgehead atoms. The first-order valence-corrected chi connectivity index (χ1v) is 8.35. The molecule has 1 atom stereocenters. The number of halogens is 2. The summed E-state index contributed by atoms with van der Waals surface area (Å²) >= 11 is 3.49. The number of amides is 1. The zero-order valence-electron chi connectivity index (χ0n) is 13.5. The number of hydrogen-bond donors (Lipinski definition) is 2. The Morgan fingerprint density at radius 3 is 2.71 bits per heavy atom. The van der Waals surface area contributed by atoms with Crippen molar-refractivity contribution < 1.29 is 9.53 Å². The summed E-state index contributed by atoms with van der Waals surface area (Å²) < 4.78 is 6.78. The van der Waals surface area contributed by atoms with E-state index in [0.717, 1.165) is 16.5 Å². The molecule has 1 amide bonds. The summed E-state index contributed by atoms with van der Waals surface area (Å²) in [6.07, 6.45) is 0.754. The number of hydrogen-bond acceptors (Lipinski definition) is 3. The molecule has 2 rings (SSSR count). The van der Waals surface area contributed by atoms with Crippen molar-refractivity contribution in [2.45, 2.75) is 26.0 Å². The van der Waals surface area contributed by atoms with Crippen LogP contribution < -0.4 is 15.8 Å². The number of nitrogens with two attached hydrogens (primary N) is 1. The number of benzene rings is 2. The highest BCUT2D eigenvalue weighted by molar-refractivity contribution is 9.10. The lowest BCUT2D eigenvalue weighted by Gasteiger charge is -2.10. The second-order valence-electron chi connectivity index (χ2n) is 5.43. The average Bonchev–Trinajstić information content (AvgIpc) is 2.54. The second-order valence-corrected chi connectivity index (χ2v) is 6.28. The molecule has 0 heterocycles. The van der Waals surface area contributed by atoms with E-state index in [-0.39, 0.29) is 24.4 Å². The van der Waals surface area contributed by atoms with Crippen LogP contribution in [0.3, 0.4) is 0 Å². The van der Waals surface area contributed by atoms with Crippen LogP contribution in [0.2, 0.25) is 0 Å². The van der Waals surface area contributed by atoms with Gasteiger partial charge in [0.15, 0.2) is 0 Å². The molecular formula is C18H22BrClN2O2. The Morgan fingerprint density at radius 2 is 2.00 bits per heavy atom. The zero-order chi connectivity index (χ0) is 16.7. The highest BCUT2D eigenvalue weighted by Crippen LogP contribution is 2.19. The third kappa shape index (κ3) is 6.51. The van der Waals surface area contributed by atoms with Gasteiger partial charge in [-0.05, 0) is 37.6 Å². The maximum absolute atomic E-state index is 12.1. The molecule has 2 aromatic rings. The van der Waals surface area contributed by atoms with Crippen LogP contribution in [0.25, 0.3) is 0 Å². The molecule has 130 valence electrons. The molecule has 0 aliphatic heterocycles. The Hall–Kier alpha value is -1.56. The normalized spacial score (nSPS) is 11.3. The van der Waals surface area contributed by atoms with Crippen LogP contribution in [0.4, 0.5) is 0 Å². The molecule has 2 aromatic carbocycles. The van der Waals surface area contributed by atoms with Crippen molar-refractivity contribution in [2.75, 3.05) is 6.54 Å². The van der Waals surface area contributed by atoms with E-state index in [1.807, 2.05) is 43.3 Å². The molecule has 0 fully saturated rings. The monoisotopic (exact) mass is 412 g/mol. The minimum Gasteiger partial charge on any atom is -0.489 e.